The van der Waals surface area contributed by atoms with Gasteiger partial charge in [-0.1, -0.05) is 6.07 Å². The number of β-amino-alcohol motifs (C(OH)–C–C–N with tert-alkyl or cyclic N) is 1. The molecule has 2 N–H and O–H groups in total. The van der Waals surface area contributed by atoms with Crippen LogP contribution < -0.4 is 4.90 Å². The first-order valence-corrected chi connectivity index (χ1v) is 10.9. The van der Waals surface area contributed by atoms with E-state index in [1.54, 1.807) is 24.3 Å². The molecule has 0 spiro atoms. The lowest BCUT2D eigenvalue weighted by molar-refractivity contribution is -0.0506. The second kappa shape index (κ2) is 9.05. The van der Waals surface area contributed by atoms with Gasteiger partial charge in [0, 0.05) is 17.3 Å². The van der Waals surface area contributed by atoms with E-state index in [2.05, 4.69) is 25.6 Å². The zero-order valence-corrected chi connectivity index (χ0v) is 18.9. The van der Waals surface area contributed by atoms with E-state index in [0.717, 1.165) is 17.0 Å². The number of hydrogen-bond donors (Lipinski definition) is 2. The van der Waals surface area contributed by atoms with Crippen LogP contribution in [0.25, 0.3) is 5.69 Å². The Hall–Kier alpha value is -4.30. The molecule has 3 heterocycles. The molecule has 5 rings (SSSR count). The Morgan fingerprint density at radius 2 is 1.89 bits per heavy atom. The Balaban J connectivity index is 1.46. The Kier molecular flexibility index (Phi) is 5.89. The summed E-state index contributed by atoms with van der Waals surface area (Å²) in [6, 6.07) is 7.73. The molecule has 1 aliphatic heterocycles. The quantitative estimate of drug-likeness (QED) is 0.387. The fraction of sp³-hybridized carbons (Fsp3) is 0.273. The van der Waals surface area contributed by atoms with E-state index in [4.69, 9.17) is 0 Å². The van der Waals surface area contributed by atoms with Gasteiger partial charge in [-0.3, -0.25) is 4.90 Å². The molecular formula is C22H21F2N9O3. The zero-order chi connectivity index (χ0) is 25.4. The summed E-state index contributed by atoms with van der Waals surface area (Å²) < 4.78 is 31.2. The maximum Gasteiger partial charge on any atom is 0.327 e. The summed E-state index contributed by atoms with van der Waals surface area (Å²) in [5, 5.41) is 37.5. The molecule has 3 atom stereocenters. The molecule has 2 aromatic heterocycles. The molecule has 0 bridgehead atoms. The number of hydrogen-bond acceptors (Lipinski definition) is 8. The molecule has 0 unspecified atom stereocenters. The van der Waals surface area contributed by atoms with Gasteiger partial charge in [0.15, 0.2) is 6.23 Å². The highest BCUT2D eigenvalue weighted by atomic mass is 19.1. The van der Waals surface area contributed by atoms with Crippen molar-refractivity contribution in [2.45, 2.75) is 31.3 Å². The number of tetrazole rings is 1. The van der Waals surface area contributed by atoms with Crippen LogP contribution in [0, 0.1) is 11.6 Å². The van der Waals surface area contributed by atoms with Crippen molar-refractivity contribution in [1.82, 2.24) is 39.9 Å². The SMILES string of the molecule is C[C@@H](N1C[C@H](O)N(c2ccc(-n3cnnn3)cc2)C1=O)[C@@](O)(Cn1cncn1)c1ccc(F)cc1F. The molecule has 4 aromatic rings. The van der Waals surface area contributed by atoms with E-state index in [0.29, 0.717) is 17.4 Å². The van der Waals surface area contributed by atoms with Crippen LogP contribution in [-0.2, 0) is 12.1 Å². The number of anilines is 1. The molecule has 1 fully saturated rings. The number of halogens is 2. The minimum Gasteiger partial charge on any atom is -0.381 e. The predicted octanol–water partition coefficient (Wildman–Crippen LogP) is 1.07. The van der Waals surface area contributed by atoms with Gasteiger partial charge < -0.3 is 15.1 Å². The molecule has 0 radical (unpaired) electrons. The third kappa shape index (κ3) is 4.05. The second-order valence-corrected chi connectivity index (χ2v) is 8.37. The van der Waals surface area contributed by atoms with Crippen molar-refractivity contribution < 1.29 is 23.8 Å². The van der Waals surface area contributed by atoms with Crippen molar-refractivity contribution in [3.8, 4) is 5.69 Å². The maximum absolute atomic E-state index is 14.9. The molecule has 1 saturated heterocycles. The number of nitrogens with zero attached hydrogens (tertiary/aromatic N) is 9. The average Bonchev–Trinajstić information content (AvgIpc) is 3.61. The average molecular weight is 497 g/mol. The summed E-state index contributed by atoms with van der Waals surface area (Å²) in [6.07, 6.45) is 2.75. The minimum atomic E-state index is -2.04. The summed E-state index contributed by atoms with van der Waals surface area (Å²) >= 11 is 0. The van der Waals surface area contributed by atoms with E-state index in [-0.39, 0.29) is 18.7 Å². The number of aromatic nitrogens is 7. The number of rotatable bonds is 7. The van der Waals surface area contributed by atoms with E-state index in [1.165, 1.54) is 40.2 Å². The first-order valence-electron chi connectivity index (χ1n) is 10.9. The summed E-state index contributed by atoms with van der Waals surface area (Å²) in [5.41, 5.74) is -1.23. The van der Waals surface area contributed by atoms with Crippen LogP contribution in [-0.4, -0.2) is 74.9 Å². The van der Waals surface area contributed by atoms with Crippen molar-refractivity contribution in [2.75, 3.05) is 11.4 Å². The molecular weight excluding hydrogens is 476 g/mol. The fourth-order valence-electron chi connectivity index (χ4n) is 4.36. The predicted molar refractivity (Wildman–Crippen MR) is 119 cm³/mol. The number of urea groups is 1. The Bertz CT molecular complexity index is 1350. The van der Waals surface area contributed by atoms with Crippen LogP contribution in [0.3, 0.4) is 0 Å². The first-order chi connectivity index (χ1) is 17.3. The third-order valence-corrected chi connectivity index (χ3v) is 6.28. The van der Waals surface area contributed by atoms with Gasteiger partial charge in [0.25, 0.3) is 0 Å². The lowest BCUT2D eigenvalue weighted by atomic mass is 9.85. The van der Waals surface area contributed by atoms with Gasteiger partial charge in [-0.2, -0.15) is 5.10 Å². The van der Waals surface area contributed by atoms with E-state index in [1.807, 2.05) is 0 Å². The molecule has 0 aliphatic carbocycles. The van der Waals surface area contributed by atoms with Crippen molar-refractivity contribution in [2.24, 2.45) is 0 Å². The van der Waals surface area contributed by atoms with Crippen molar-refractivity contribution in [3.63, 3.8) is 0 Å². The van der Waals surface area contributed by atoms with Crippen LogP contribution in [0.2, 0.25) is 0 Å². The molecule has 2 amide bonds. The molecule has 0 saturated carbocycles. The second-order valence-electron chi connectivity index (χ2n) is 8.37. The van der Waals surface area contributed by atoms with E-state index < -0.39 is 35.5 Å². The fourth-order valence-corrected chi connectivity index (χ4v) is 4.36. The van der Waals surface area contributed by atoms with Crippen LogP contribution in [0.15, 0.2) is 61.4 Å². The van der Waals surface area contributed by atoms with E-state index >= 15 is 0 Å². The number of aliphatic hydroxyl groups is 2. The number of carbonyl (C=O) groups is 1. The Morgan fingerprint density at radius 1 is 1.14 bits per heavy atom. The third-order valence-electron chi connectivity index (χ3n) is 6.28. The minimum absolute atomic E-state index is 0.169. The van der Waals surface area contributed by atoms with Gasteiger partial charge in [-0.15, -0.1) is 5.10 Å². The molecule has 36 heavy (non-hydrogen) atoms. The zero-order valence-electron chi connectivity index (χ0n) is 18.9. The van der Waals surface area contributed by atoms with Gasteiger partial charge in [0.2, 0.25) is 0 Å². The number of amides is 2. The van der Waals surface area contributed by atoms with Gasteiger partial charge in [0.05, 0.1) is 24.8 Å². The maximum atomic E-state index is 14.9. The highest BCUT2D eigenvalue weighted by Crippen LogP contribution is 2.36. The largest absolute Gasteiger partial charge is 0.381 e. The van der Waals surface area contributed by atoms with Crippen molar-refractivity contribution >= 4 is 11.7 Å². The van der Waals surface area contributed by atoms with Crippen molar-refractivity contribution in [3.05, 3.63) is 78.6 Å². The van der Waals surface area contributed by atoms with Crippen LogP contribution in [0.1, 0.15) is 12.5 Å². The van der Waals surface area contributed by atoms with Gasteiger partial charge in [-0.25, -0.2) is 27.9 Å². The Morgan fingerprint density at radius 3 is 2.53 bits per heavy atom. The lowest BCUT2D eigenvalue weighted by Crippen LogP contribution is -2.53. The van der Waals surface area contributed by atoms with Crippen LogP contribution >= 0.6 is 0 Å². The first kappa shape index (κ1) is 23.4. The standard InChI is InChI=1S/C22H21F2N9O3/c1-14(22(36,10-30-12-25-11-27-30)18-7-2-15(23)8-19(18)24)31-9-20(34)33(21(31)35)17-5-3-16(4-6-17)32-13-26-28-29-32/h2-8,11-14,20,34,36H,9-10H2,1H3/t14-,20+,22+/m1/s1. The molecule has 12 nitrogen and oxygen atoms in total. The smallest absolute Gasteiger partial charge is 0.327 e. The highest BCUT2D eigenvalue weighted by Gasteiger charge is 2.48. The Labute approximate surface area is 203 Å². The molecule has 14 heteroatoms. The van der Waals surface area contributed by atoms with E-state index in [9.17, 15) is 23.8 Å². The monoisotopic (exact) mass is 497 g/mol. The number of aliphatic hydroxyl groups excluding tert-OH is 1. The van der Waals surface area contributed by atoms with Gasteiger partial charge >= 0.3 is 6.03 Å². The lowest BCUT2D eigenvalue weighted by Gasteiger charge is -2.39. The summed E-state index contributed by atoms with van der Waals surface area (Å²) in [5.74, 6) is -1.79. The number of benzene rings is 2. The van der Waals surface area contributed by atoms with Crippen LogP contribution in [0.4, 0.5) is 19.3 Å². The molecule has 1 aliphatic rings. The normalized spacial score (nSPS) is 18.5. The number of carbonyl (C=O) groups excluding carboxylic acids is 1. The summed E-state index contributed by atoms with van der Waals surface area (Å²) in [4.78, 5) is 19.7. The molecule has 186 valence electrons. The summed E-state index contributed by atoms with van der Waals surface area (Å²) in [6.45, 7) is 1.07. The molecule has 2 aromatic carbocycles. The topological polar surface area (TPSA) is 138 Å². The van der Waals surface area contributed by atoms with Crippen LogP contribution in [0.5, 0.6) is 0 Å². The van der Waals surface area contributed by atoms with Crippen molar-refractivity contribution in [1.29, 1.82) is 0 Å². The van der Waals surface area contributed by atoms with Gasteiger partial charge in [-0.05, 0) is 47.7 Å². The summed E-state index contributed by atoms with van der Waals surface area (Å²) in [7, 11) is 0. The highest BCUT2D eigenvalue weighted by molar-refractivity contribution is 5.95. The van der Waals surface area contributed by atoms with Gasteiger partial charge in [0.1, 0.15) is 36.2 Å².